The number of rotatable bonds is 7. The van der Waals surface area contributed by atoms with E-state index in [1.54, 1.807) is 20.3 Å². The maximum Gasteiger partial charge on any atom is 0.244 e. The van der Waals surface area contributed by atoms with Gasteiger partial charge < -0.3 is 29.2 Å². The van der Waals surface area contributed by atoms with Crippen LogP contribution in [0.3, 0.4) is 0 Å². The van der Waals surface area contributed by atoms with Gasteiger partial charge in [-0.2, -0.15) is 0 Å². The van der Waals surface area contributed by atoms with Crippen molar-refractivity contribution in [2.75, 3.05) is 41.5 Å². The first-order chi connectivity index (χ1) is 18.9. The number of benzene rings is 2. The van der Waals surface area contributed by atoms with Gasteiger partial charge in [-0.15, -0.1) is 0 Å². The molecule has 8 rings (SSSR count). The summed E-state index contributed by atoms with van der Waals surface area (Å²) in [5.41, 5.74) is 3.30. The number of likely N-dealkylation sites (N-methyl/N-ethyl adjacent to an activating group) is 1. The third-order valence-corrected chi connectivity index (χ3v) is 11.0. The van der Waals surface area contributed by atoms with Crippen LogP contribution in [0, 0.1) is 11.3 Å². The van der Waals surface area contributed by atoms with E-state index in [1.807, 2.05) is 37.5 Å². The predicted molar refractivity (Wildman–Crippen MR) is 148 cm³/mol. The average molecular weight is 531 g/mol. The van der Waals surface area contributed by atoms with Crippen molar-refractivity contribution in [3.63, 3.8) is 0 Å². The maximum atomic E-state index is 13.0. The Balaban J connectivity index is 1.21. The van der Waals surface area contributed by atoms with Gasteiger partial charge in [0.1, 0.15) is 17.5 Å². The molecular formula is C32H38N2O5. The van der Waals surface area contributed by atoms with E-state index in [1.165, 1.54) is 11.1 Å². The highest BCUT2D eigenvalue weighted by molar-refractivity contribution is 5.91. The second-order valence-electron chi connectivity index (χ2n) is 12.1. The number of amides is 1. The van der Waals surface area contributed by atoms with Gasteiger partial charge in [-0.05, 0) is 81.1 Å². The Kier molecular flexibility index (Phi) is 5.59. The highest BCUT2D eigenvalue weighted by Crippen LogP contribution is 2.76. The van der Waals surface area contributed by atoms with Gasteiger partial charge in [-0.3, -0.25) is 4.79 Å². The molecule has 4 bridgehead atoms. The van der Waals surface area contributed by atoms with Gasteiger partial charge in [0.05, 0.1) is 14.2 Å². The summed E-state index contributed by atoms with van der Waals surface area (Å²) in [7, 11) is 7.51. The Morgan fingerprint density at radius 3 is 2.67 bits per heavy atom. The minimum absolute atomic E-state index is 0.0787. The first-order valence-electron chi connectivity index (χ1n) is 14.1. The van der Waals surface area contributed by atoms with E-state index >= 15 is 0 Å². The zero-order chi connectivity index (χ0) is 27.0. The predicted octanol–water partition coefficient (Wildman–Crippen LogP) is 3.98. The Bertz CT molecular complexity index is 1340. The van der Waals surface area contributed by atoms with E-state index in [9.17, 15) is 4.79 Å². The average Bonchev–Trinajstić information content (AvgIpc) is 3.34. The molecule has 1 amide bonds. The van der Waals surface area contributed by atoms with Crippen molar-refractivity contribution in [2.24, 2.45) is 11.3 Å². The number of carbonyl (C=O) groups excluding carboxylic acids is 1. The van der Waals surface area contributed by atoms with E-state index < -0.39 is 5.60 Å². The van der Waals surface area contributed by atoms with Crippen molar-refractivity contribution >= 4 is 12.0 Å². The summed E-state index contributed by atoms with van der Waals surface area (Å²) in [6.07, 6.45) is 8.54. The number of likely N-dealkylation sites (tertiary alicyclic amines) is 1. The number of carbonyl (C=O) groups is 1. The SMILES string of the molecule is COc1ccc(/C=C/C(=O)NC[C@H]2C[C@@]34CC[C@@]2(OC)[C@@H]2Oc5c(OC)ccc6c5[C@@]23CCN(C)[C@@H]4C6)cc1. The van der Waals surface area contributed by atoms with Crippen molar-refractivity contribution < 1.29 is 23.7 Å². The van der Waals surface area contributed by atoms with Crippen molar-refractivity contribution in [3.8, 4) is 17.2 Å². The molecule has 6 aliphatic rings. The fourth-order valence-corrected chi connectivity index (χ4v) is 9.39. The number of ether oxygens (including phenoxy) is 4. The van der Waals surface area contributed by atoms with Crippen LogP contribution < -0.4 is 19.5 Å². The number of nitrogens with one attached hydrogen (secondary N) is 1. The van der Waals surface area contributed by atoms with Gasteiger partial charge in [0, 0.05) is 48.1 Å². The summed E-state index contributed by atoms with van der Waals surface area (Å²) in [6, 6.07) is 12.5. The molecule has 0 radical (unpaired) electrons. The molecular weight excluding hydrogens is 492 g/mol. The molecule has 39 heavy (non-hydrogen) atoms. The molecule has 2 aliphatic heterocycles. The van der Waals surface area contributed by atoms with Gasteiger partial charge in [0.25, 0.3) is 0 Å². The standard InChI is InChI=1S/C32H38N2O5/c1-34-16-15-31-27-21-8-11-24(37-3)28(27)39-29(31)32(38-4)14-13-30(31,25(34)17-21)18-22(32)19-33-26(35)12-7-20-5-9-23(36-2)10-6-20/h5-12,22,25,29H,13-19H2,1-4H3,(H,33,35)/b12-7+/t22-,25-,29-,30-,31+,32+/m1/s1. The summed E-state index contributed by atoms with van der Waals surface area (Å²) in [5.74, 6) is 2.62. The van der Waals surface area contributed by atoms with Crippen molar-refractivity contribution in [1.29, 1.82) is 0 Å². The van der Waals surface area contributed by atoms with E-state index in [0.717, 1.165) is 61.5 Å². The highest BCUT2D eigenvalue weighted by Gasteiger charge is 2.80. The highest BCUT2D eigenvalue weighted by atomic mass is 16.6. The van der Waals surface area contributed by atoms with Crippen LogP contribution >= 0.6 is 0 Å². The third kappa shape index (κ3) is 3.14. The van der Waals surface area contributed by atoms with E-state index in [-0.39, 0.29) is 28.8 Å². The first-order valence-corrected chi connectivity index (χ1v) is 14.1. The third-order valence-electron chi connectivity index (χ3n) is 11.0. The molecule has 0 aromatic heterocycles. The summed E-state index contributed by atoms with van der Waals surface area (Å²) < 4.78 is 24.6. The second kappa shape index (κ2) is 8.73. The molecule has 0 unspecified atom stereocenters. The number of nitrogens with zero attached hydrogens (tertiary/aromatic N) is 1. The van der Waals surface area contributed by atoms with Crippen molar-refractivity contribution in [3.05, 3.63) is 59.2 Å². The largest absolute Gasteiger partial charge is 0.497 e. The molecule has 2 aromatic carbocycles. The van der Waals surface area contributed by atoms with Crippen LogP contribution in [0.4, 0.5) is 0 Å². The summed E-state index contributed by atoms with van der Waals surface area (Å²) in [6.45, 7) is 1.62. The molecule has 6 atom stereocenters. The molecule has 206 valence electrons. The molecule has 4 fully saturated rings. The fraction of sp³-hybridized carbons (Fsp3) is 0.531. The van der Waals surface area contributed by atoms with E-state index in [2.05, 4.69) is 29.4 Å². The molecule has 4 aliphatic carbocycles. The molecule has 1 saturated heterocycles. The number of methoxy groups -OCH3 is 3. The number of piperidine rings is 1. The zero-order valence-electron chi connectivity index (χ0n) is 23.3. The quantitative estimate of drug-likeness (QED) is 0.547. The smallest absolute Gasteiger partial charge is 0.244 e. The minimum atomic E-state index is -0.464. The van der Waals surface area contributed by atoms with Crippen LogP contribution in [0.1, 0.15) is 42.4 Å². The topological polar surface area (TPSA) is 69.3 Å². The number of hydrogen-bond acceptors (Lipinski definition) is 6. The number of hydrogen-bond donors (Lipinski definition) is 1. The summed E-state index contributed by atoms with van der Waals surface area (Å²) in [5, 5.41) is 3.22. The van der Waals surface area contributed by atoms with Crippen molar-refractivity contribution in [1.82, 2.24) is 10.2 Å². The molecule has 7 nitrogen and oxygen atoms in total. The molecule has 7 heteroatoms. The van der Waals surface area contributed by atoms with Gasteiger partial charge >= 0.3 is 0 Å². The first kappa shape index (κ1) is 25.0. The Morgan fingerprint density at radius 2 is 1.92 bits per heavy atom. The van der Waals surface area contributed by atoms with Crippen LogP contribution in [0.25, 0.3) is 6.08 Å². The molecule has 3 saturated carbocycles. The Labute approximate surface area is 230 Å². The van der Waals surface area contributed by atoms with E-state index in [4.69, 9.17) is 18.9 Å². The van der Waals surface area contributed by atoms with Gasteiger partial charge in [0.2, 0.25) is 5.91 Å². The molecule has 2 heterocycles. The fourth-order valence-electron chi connectivity index (χ4n) is 9.39. The minimum Gasteiger partial charge on any atom is -0.497 e. The van der Waals surface area contributed by atoms with E-state index in [0.29, 0.717) is 12.6 Å². The molecule has 2 spiro atoms. The lowest BCUT2D eigenvalue weighted by molar-refractivity contribution is -0.274. The maximum absolute atomic E-state index is 13.0. The van der Waals surface area contributed by atoms with Crippen molar-refractivity contribution in [2.45, 2.75) is 55.3 Å². The lowest BCUT2D eigenvalue weighted by Crippen LogP contribution is -2.81. The van der Waals surface area contributed by atoms with Gasteiger partial charge in [-0.25, -0.2) is 0 Å². The van der Waals surface area contributed by atoms with Crippen LogP contribution in [-0.4, -0.2) is 70.0 Å². The normalized spacial score (nSPS) is 35.4. The second-order valence-corrected chi connectivity index (χ2v) is 12.1. The monoisotopic (exact) mass is 530 g/mol. The Morgan fingerprint density at radius 1 is 1.10 bits per heavy atom. The van der Waals surface area contributed by atoms with Crippen LogP contribution in [0.15, 0.2) is 42.5 Å². The molecule has 1 N–H and O–H groups in total. The zero-order valence-corrected chi connectivity index (χ0v) is 23.3. The summed E-state index contributed by atoms with van der Waals surface area (Å²) in [4.78, 5) is 15.5. The van der Waals surface area contributed by atoms with Gasteiger partial charge in [-0.1, -0.05) is 18.2 Å². The van der Waals surface area contributed by atoms with Gasteiger partial charge in [0.15, 0.2) is 11.5 Å². The van der Waals surface area contributed by atoms with Crippen LogP contribution in [-0.2, 0) is 21.4 Å². The molecule has 2 aromatic rings. The summed E-state index contributed by atoms with van der Waals surface area (Å²) >= 11 is 0. The lowest BCUT2D eigenvalue weighted by atomic mass is 9.35. The lowest BCUT2D eigenvalue weighted by Gasteiger charge is -2.73. The Hall–Kier alpha value is -3.03. The van der Waals surface area contributed by atoms with Crippen LogP contribution in [0.2, 0.25) is 0 Å². The number of fused-ring (bicyclic) bond motifs is 2. The van der Waals surface area contributed by atoms with Crippen LogP contribution in [0.5, 0.6) is 17.2 Å².